The first-order chi connectivity index (χ1) is 7.67. The van der Waals surface area contributed by atoms with Gasteiger partial charge in [-0.25, -0.2) is 0 Å². The largest absolute Gasteiger partial charge is 0.468 e. The number of hydrogen-bond acceptors (Lipinski definition) is 4. The molecular formula is C11H18N2O2S. The van der Waals surface area contributed by atoms with Gasteiger partial charge >= 0.3 is 5.97 Å². The van der Waals surface area contributed by atoms with Crippen LogP contribution in [0.4, 0.5) is 0 Å². The Balaban J connectivity index is 2.59. The Hall–Kier alpha value is -0.970. The smallest absolute Gasteiger partial charge is 0.319 e. The molecule has 0 radical (unpaired) electrons. The van der Waals surface area contributed by atoms with E-state index in [1.807, 2.05) is 13.2 Å². The minimum atomic E-state index is -0.151. The van der Waals surface area contributed by atoms with Crippen molar-refractivity contribution in [2.45, 2.75) is 36.3 Å². The highest BCUT2D eigenvalue weighted by Crippen LogP contribution is 2.26. The third kappa shape index (κ3) is 3.89. The summed E-state index contributed by atoms with van der Waals surface area (Å²) in [5.74, 6) is -0.151. The lowest BCUT2D eigenvalue weighted by Gasteiger charge is -2.12. The molecule has 0 aliphatic heterocycles. The fourth-order valence-corrected chi connectivity index (χ4v) is 2.50. The van der Waals surface area contributed by atoms with Gasteiger partial charge in [0.25, 0.3) is 0 Å². The van der Waals surface area contributed by atoms with E-state index in [1.165, 1.54) is 18.9 Å². The van der Waals surface area contributed by atoms with Crippen LogP contribution in [-0.4, -0.2) is 28.1 Å². The number of aromatic nitrogens is 2. The third-order valence-electron chi connectivity index (χ3n) is 2.24. The number of esters is 1. The lowest BCUT2D eigenvalue weighted by molar-refractivity contribution is -0.140. The molecule has 0 saturated carbocycles. The molecule has 0 fully saturated rings. The standard InChI is InChI=1S/C11H18N2O2S/c1-4-5-6-10(11(14)15-3)16-9-7-12-13(2)8-9/h7-8,10H,4-6H2,1-3H3. The van der Waals surface area contributed by atoms with Crippen LogP contribution >= 0.6 is 11.8 Å². The number of rotatable bonds is 6. The number of carbonyl (C=O) groups is 1. The monoisotopic (exact) mass is 242 g/mol. The number of methoxy groups -OCH3 is 1. The molecule has 0 amide bonds. The molecule has 1 aromatic heterocycles. The van der Waals surface area contributed by atoms with Gasteiger partial charge in [-0.05, 0) is 6.42 Å². The number of hydrogen-bond donors (Lipinski definition) is 0. The molecule has 90 valence electrons. The fourth-order valence-electron chi connectivity index (χ4n) is 1.37. The second-order valence-corrected chi connectivity index (χ2v) is 4.90. The molecule has 1 atom stereocenters. The van der Waals surface area contributed by atoms with Crippen LogP contribution in [0.2, 0.25) is 0 Å². The van der Waals surface area contributed by atoms with Crippen molar-refractivity contribution >= 4 is 17.7 Å². The molecule has 4 nitrogen and oxygen atoms in total. The van der Waals surface area contributed by atoms with E-state index in [2.05, 4.69) is 12.0 Å². The lowest BCUT2D eigenvalue weighted by Crippen LogP contribution is -2.18. The van der Waals surface area contributed by atoms with Gasteiger partial charge in [-0.3, -0.25) is 9.48 Å². The topological polar surface area (TPSA) is 44.1 Å². The highest BCUT2D eigenvalue weighted by atomic mass is 32.2. The normalized spacial score (nSPS) is 12.4. The van der Waals surface area contributed by atoms with Crippen LogP contribution in [0.15, 0.2) is 17.3 Å². The average Bonchev–Trinajstić information content (AvgIpc) is 2.69. The minimum Gasteiger partial charge on any atom is -0.468 e. The summed E-state index contributed by atoms with van der Waals surface area (Å²) in [6.07, 6.45) is 6.65. The number of unbranched alkanes of at least 4 members (excludes halogenated alkanes) is 1. The maximum atomic E-state index is 11.6. The zero-order chi connectivity index (χ0) is 12.0. The van der Waals surface area contributed by atoms with Crippen molar-refractivity contribution in [3.63, 3.8) is 0 Å². The van der Waals surface area contributed by atoms with Crippen LogP contribution in [0, 0.1) is 0 Å². The van der Waals surface area contributed by atoms with Crippen molar-refractivity contribution in [3.8, 4) is 0 Å². The van der Waals surface area contributed by atoms with Crippen molar-refractivity contribution in [2.24, 2.45) is 7.05 Å². The maximum Gasteiger partial charge on any atom is 0.319 e. The van der Waals surface area contributed by atoms with Crippen LogP contribution in [0.5, 0.6) is 0 Å². The second kappa shape index (κ2) is 6.58. The molecule has 1 heterocycles. The van der Waals surface area contributed by atoms with Crippen molar-refractivity contribution in [1.82, 2.24) is 9.78 Å². The predicted molar refractivity (Wildman–Crippen MR) is 64.4 cm³/mol. The molecule has 16 heavy (non-hydrogen) atoms. The number of carbonyl (C=O) groups excluding carboxylic acids is 1. The highest BCUT2D eigenvalue weighted by Gasteiger charge is 2.20. The van der Waals surface area contributed by atoms with Crippen LogP contribution in [0.1, 0.15) is 26.2 Å². The Morgan fingerprint density at radius 3 is 2.94 bits per heavy atom. The Bertz CT molecular complexity index is 338. The molecule has 0 saturated heterocycles. The van der Waals surface area contributed by atoms with E-state index in [4.69, 9.17) is 4.74 Å². The zero-order valence-electron chi connectivity index (χ0n) is 9.97. The van der Waals surface area contributed by atoms with Gasteiger partial charge in [-0.2, -0.15) is 5.10 Å². The summed E-state index contributed by atoms with van der Waals surface area (Å²) < 4.78 is 6.53. The summed E-state index contributed by atoms with van der Waals surface area (Å²) in [6.45, 7) is 2.11. The molecule has 0 aromatic carbocycles. The Labute approximate surface area is 100 Å². The zero-order valence-corrected chi connectivity index (χ0v) is 10.8. The molecule has 1 unspecified atom stereocenters. The first kappa shape index (κ1) is 13.1. The van der Waals surface area contributed by atoms with Gasteiger partial charge in [-0.1, -0.05) is 19.8 Å². The van der Waals surface area contributed by atoms with E-state index in [0.29, 0.717) is 0 Å². The first-order valence-electron chi connectivity index (χ1n) is 5.40. The van der Waals surface area contributed by atoms with Crippen molar-refractivity contribution in [3.05, 3.63) is 12.4 Å². The average molecular weight is 242 g/mol. The molecule has 5 heteroatoms. The van der Waals surface area contributed by atoms with Crippen LogP contribution in [-0.2, 0) is 16.6 Å². The second-order valence-electron chi connectivity index (χ2n) is 3.62. The number of thioether (sulfide) groups is 1. The van der Waals surface area contributed by atoms with Crippen molar-refractivity contribution in [1.29, 1.82) is 0 Å². The molecule has 1 rings (SSSR count). The number of nitrogens with zero attached hydrogens (tertiary/aromatic N) is 2. The molecular weight excluding hydrogens is 224 g/mol. The van der Waals surface area contributed by atoms with E-state index in [9.17, 15) is 4.79 Å². The SMILES string of the molecule is CCCCC(Sc1cnn(C)c1)C(=O)OC. The fraction of sp³-hybridized carbons (Fsp3) is 0.636. The Morgan fingerprint density at radius 1 is 1.69 bits per heavy atom. The van der Waals surface area contributed by atoms with Crippen molar-refractivity contribution in [2.75, 3.05) is 7.11 Å². The van der Waals surface area contributed by atoms with E-state index < -0.39 is 0 Å². The molecule has 0 bridgehead atoms. The highest BCUT2D eigenvalue weighted by molar-refractivity contribution is 8.00. The summed E-state index contributed by atoms with van der Waals surface area (Å²) in [7, 11) is 3.30. The van der Waals surface area contributed by atoms with E-state index in [0.717, 1.165) is 24.2 Å². The van der Waals surface area contributed by atoms with Gasteiger partial charge in [0.05, 0.1) is 13.3 Å². The molecule has 0 aliphatic carbocycles. The van der Waals surface area contributed by atoms with Gasteiger partial charge < -0.3 is 4.74 Å². The predicted octanol–water partition coefficient (Wildman–Crippen LogP) is 2.24. The first-order valence-corrected chi connectivity index (χ1v) is 6.28. The summed E-state index contributed by atoms with van der Waals surface area (Å²) in [6, 6.07) is 0. The third-order valence-corrected chi connectivity index (χ3v) is 3.44. The van der Waals surface area contributed by atoms with Gasteiger partial charge in [0, 0.05) is 18.1 Å². The quantitative estimate of drug-likeness (QED) is 0.567. The summed E-state index contributed by atoms with van der Waals surface area (Å²) >= 11 is 1.52. The van der Waals surface area contributed by atoms with Crippen LogP contribution in [0.25, 0.3) is 0 Å². The lowest BCUT2D eigenvalue weighted by atomic mass is 10.2. The maximum absolute atomic E-state index is 11.6. The van der Waals surface area contributed by atoms with Crippen molar-refractivity contribution < 1.29 is 9.53 Å². The molecule has 0 spiro atoms. The molecule has 1 aromatic rings. The Morgan fingerprint density at radius 2 is 2.44 bits per heavy atom. The molecule has 0 N–H and O–H groups in total. The van der Waals surface area contributed by atoms with Gasteiger partial charge in [0.2, 0.25) is 0 Å². The van der Waals surface area contributed by atoms with Crippen LogP contribution in [0.3, 0.4) is 0 Å². The van der Waals surface area contributed by atoms with E-state index >= 15 is 0 Å². The molecule has 0 aliphatic rings. The summed E-state index contributed by atoms with van der Waals surface area (Å²) in [5.41, 5.74) is 0. The summed E-state index contributed by atoms with van der Waals surface area (Å²) in [5, 5.41) is 3.96. The van der Waals surface area contributed by atoms with Gasteiger partial charge in [-0.15, -0.1) is 11.8 Å². The van der Waals surface area contributed by atoms with Gasteiger partial charge in [0.15, 0.2) is 0 Å². The minimum absolute atomic E-state index is 0.117. The van der Waals surface area contributed by atoms with E-state index in [-0.39, 0.29) is 11.2 Å². The Kier molecular flexibility index (Phi) is 5.38. The number of ether oxygens (including phenoxy) is 1. The number of aryl methyl sites for hydroxylation is 1. The van der Waals surface area contributed by atoms with E-state index in [1.54, 1.807) is 10.9 Å². The van der Waals surface area contributed by atoms with Crippen LogP contribution < -0.4 is 0 Å². The summed E-state index contributed by atoms with van der Waals surface area (Å²) in [4.78, 5) is 12.6. The van der Waals surface area contributed by atoms with Gasteiger partial charge in [0.1, 0.15) is 5.25 Å².